The van der Waals surface area contributed by atoms with Crippen LogP contribution in [0.3, 0.4) is 0 Å². The van der Waals surface area contributed by atoms with Gasteiger partial charge in [-0.05, 0) is 24.1 Å². The Kier molecular flexibility index (Phi) is 6.14. The molecule has 6 nitrogen and oxygen atoms in total. The molecular weight excluding hydrogens is 332 g/mol. The Morgan fingerprint density at radius 2 is 1.96 bits per heavy atom. The summed E-state index contributed by atoms with van der Waals surface area (Å²) < 4.78 is 5.27. The minimum Gasteiger partial charge on any atom is -0.480 e. The number of halogens is 1. The van der Waals surface area contributed by atoms with Crippen LogP contribution >= 0.6 is 11.6 Å². The molecule has 0 saturated heterocycles. The minimum absolute atomic E-state index is 0.0319. The molecule has 0 aliphatic rings. The Hall–Kier alpha value is -2.60. The topological polar surface area (TPSA) is 79.7 Å². The van der Waals surface area contributed by atoms with Crippen molar-refractivity contribution in [3.63, 3.8) is 0 Å². The molecule has 1 N–H and O–H groups in total. The predicted octanol–water partition coefficient (Wildman–Crippen LogP) is 3.74. The van der Waals surface area contributed by atoms with Gasteiger partial charge in [-0.1, -0.05) is 48.9 Å². The van der Waals surface area contributed by atoms with Crippen molar-refractivity contribution in [2.45, 2.75) is 26.0 Å². The summed E-state index contributed by atoms with van der Waals surface area (Å²) in [4.78, 5) is 29.0. The zero-order valence-corrected chi connectivity index (χ0v) is 13.8. The van der Waals surface area contributed by atoms with Gasteiger partial charge < -0.3 is 9.84 Å². The van der Waals surface area contributed by atoms with Crippen LogP contribution in [-0.4, -0.2) is 28.2 Å². The van der Waals surface area contributed by atoms with Crippen LogP contribution in [0.25, 0.3) is 0 Å². The van der Waals surface area contributed by atoms with Crippen LogP contribution in [0, 0.1) is 0 Å². The highest BCUT2D eigenvalue weighted by Gasteiger charge is 2.32. The van der Waals surface area contributed by atoms with Crippen molar-refractivity contribution in [3.05, 3.63) is 59.4 Å². The summed E-state index contributed by atoms with van der Waals surface area (Å²) >= 11 is 6.03. The average molecular weight is 349 g/mol. The van der Waals surface area contributed by atoms with E-state index in [1.807, 2.05) is 30.3 Å². The van der Waals surface area contributed by atoms with Gasteiger partial charge in [0.1, 0.15) is 12.6 Å². The third kappa shape index (κ3) is 4.23. The summed E-state index contributed by atoms with van der Waals surface area (Å²) in [7, 11) is 0. The van der Waals surface area contributed by atoms with Gasteiger partial charge in [-0.3, -0.25) is 4.90 Å². The van der Waals surface area contributed by atoms with E-state index < -0.39 is 18.1 Å². The fourth-order valence-corrected chi connectivity index (χ4v) is 2.42. The summed E-state index contributed by atoms with van der Waals surface area (Å²) in [6.45, 7) is 1.70. The first-order valence-corrected chi connectivity index (χ1v) is 7.75. The lowest BCUT2D eigenvalue weighted by molar-refractivity contribution is -0.138. The van der Waals surface area contributed by atoms with Crippen LogP contribution < -0.4 is 4.90 Å². The molecule has 1 unspecified atom stereocenters. The molecule has 2 aromatic rings. The fourth-order valence-electron chi connectivity index (χ4n) is 2.21. The number of carbonyl (C=O) groups is 2. The minimum atomic E-state index is -1.14. The monoisotopic (exact) mass is 348 g/mol. The van der Waals surface area contributed by atoms with Gasteiger partial charge in [0.15, 0.2) is 5.15 Å². The number of benzene rings is 1. The first-order chi connectivity index (χ1) is 11.5. The van der Waals surface area contributed by atoms with Gasteiger partial charge in [0, 0.05) is 6.20 Å². The number of amides is 1. The molecule has 0 saturated carbocycles. The molecule has 0 aliphatic heterocycles. The summed E-state index contributed by atoms with van der Waals surface area (Å²) in [5.74, 6) is -1.14. The molecule has 0 fully saturated rings. The van der Waals surface area contributed by atoms with Gasteiger partial charge >= 0.3 is 12.1 Å². The standard InChI is InChI=1S/C17H17ClN2O4/c1-2-13(16(21)22)20(14-9-6-10-19-15(14)18)17(23)24-11-12-7-4-3-5-8-12/h3-10,13H,2,11H2,1H3,(H,21,22). The maximum absolute atomic E-state index is 12.5. The Morgan fingerprint density at radius 1 is 1.25 bits per heavy atom. The Bertz CT molecular complexity index is 709. The molecule has 0 aliphatic carbocycles. The summed E-state index contributed by atoms with van der Waals surface area (Å²) in [6, 6.07) is 11.1. The van der Waals surface area contributed by atoms with Crippen LogP contribution in [0.2, 0.25) is 5.15 Å². The number of hydrogen-bond donors (Lipinski definition) is 1. The first-order valence-electron chi connectivity index (χ1n) is 7.37. The number of aromatic nitrogens is 1. The Morgan fingerprint density at radius 3 is 2.54 bits per heavy atom. The van der Waals surface area contributed by atoms with E-state index in [9.17, 15) is 14.7 Å². The normalized spacial score (nSPS) is 11.6. The highest BCUT2D eigenvalue weighted by molar-refractivity contribution is 6.32. The smallest absolute Gasteiger partial charge is 0.415 e. The van der Waals surface area contributed by atoms with Crippen molar-refractivity contribution in [1.29, 1.82) is 0 Å². The van der Waals surface area contributed by atoms with E-state index in [2.05, 4.69) is 4.98 Å². The van der Waals surface area contributed by atoms with Gasteiger partial charge in [-0.25, -0.2) is 14.6 Å². The molecule has 1 heterocycles. The van der Waals surface area contributed by atoms with E-state index in [1.54, 1.807) is 13.0 Å². The highest BCUT2D eigenvalue weighted by Crippen LogP contribution is 2.27. The third-order valence-corrected chi connectivity index (χ3v) is 3.68. The van der Waals surface area contributed by atoms with Crippen molar-refractivity contribution in [3.8, 4) is 0 Å². The van der Waals surface area contributed by atoms with E-state index >= 15 is 0 Å². The third-order valence-electron chi connectivity index (χ3n) is 3.38. The molecule has 0 radical (unpaired) electrons. The first kappa shape index (κ1) is 17.7. The quantitative estimate of drug-likeness (QED) is 0.804. The molecule has 126 valence electrons. The number of hydrogen-bond acceptors (Lipinski definition) is 4. The number of nitrogens with zero attached hydrogens (tertiary/aromatic N) is 2. The maximum Gasteiger partial charge on any atom is 0.415 e. The maximum atomic E-state index is 12.5. The Balaban J connectivity index is 2.26. The lowest BCUT2D eigenvalue weighted by atomic mass is 10.2. The van der Waals surface area contributed by atoms with Crippen molar-refractivity contribution >= 4 is 29.4 Å². The van der Waals surface area contributed by atoms with E-state index in [0.717, 1.165) is 10.5 Å². The number of pyridine rings is 1. The zero-order valence-electron chi connectivity index (χ0n) is 13.1. The second kappa shape index (κ2) is 8.31. The highest BCUT2D eigenvalue weighted by atomic mass is 35.5. The molecule has 0 bridgehead atoms. The molecule has 1 amide bonds. The molecule has 1 atom stereocenters. The fraction of sp³-hybridized carbons (Fsp3) is 0.235. The average Bonchev–Trinajstić information content (AvgIpc) is 2.59. The van der Waals surface area contributed by atoms with Gasteiger partial charge in [-0.15, -0.1) is 0 Å². The van der Waals surface area contributed by atoms with Crippen LogP contribution in [-0.2, 0) is 16.1 Å². The molecular formula is C17H17ClN2O4. The SMILES string of the molecule is CCC(C(=O)O)N(C(=O)OCc1ccccc1)c1cccnc1Cl. The zero-order chi connectivity index (χ0) is 17.5. The molecule has 0 spiro atoms. The van der Waals surface area contributed by atoms with Crippen LogP contribution in [0.5, 0.6) is 0 Å². The number of aliphatic carboxylic acids is 1. The molecule has 1 aromatic carbocycles. The van der Waals surface area contributed by atoms with E-state index in [4.69, 9.17) is 16.3 Å². The van der Waals surface area contributed by atoms with Crippen LogP contribution in [0.15, 0.2) is 48.7 Å². The molecule has 7 heteroatoms. The van der Waals surface area contributed by atoms with E-state index in [1.165, 1.54) is 12.3 Å². The predicted molar refractivity (Wildman–Crippen MR) is 90.1 cm³/mol. The van der Waals surface area contributed by atoms with Crippen molar-refractivity contribution < 1.29 is 19.4 Å². The van der Waals surface area contributed by atoms with Crippen molar-refractivity contribution in [2.24, 2.45) is 0 Å². The number of anilines is 1. The number of carbonyl (C=O) groups excluding carboxylic acids is 1. The number of rotatable bonds is 6. The number of ether oxygens (including phenoxy) is 1. The summed E-state index contributed by atoms with van der Waals surface area (Å²) in [5, 5.41) is 9.45. The number of carboxylic acids is 1. The van der Waals surface area contributed by atoms with E-state index in [-0.39, 0.29) is 23.9 Å². The van der Waals surface area contributed by atoms with E-state index in [0.29, 0.717) is 0 Å². The van der Waals surface area contributed by atoms with Crippen molar-refractivity contribution in [1.82, 2.24) is 4.98 Å². The number of carboxylic acid groups (broad SMARTS) is 1. The molecule has 1 aromatic heterocycles. The lowest BCUT2D eigenvalue weighted by Gasteiger charge is -2.27. The molecule has 24 heavy (non-hydrogen) atoms. The summed E-state index contributed by atoms with van der Waals surface area (Å²) in [5.41, 5.74) is 0.998. The summed E-state index contributed by atoms with van der Waals surface area (Å²) in [6.07, 6.45) is 0.866. The molecule has 2 rings (SSSR count). The lowest BCUT2D eigenvalue weighted by Crippen LogP contribution is -2.45. The van der Waals surface area contributed by atoms with Gasteiger partial charge in [0.05, 0.1) is 5.69 Å². The second-order valence-electron chi connectivity index (χ2n) is 4.99. The van der Waals surface area contributed by atoms with Gasteiger partial charge in [0.25, 0.3) is 0 Å². The van der Waals surface area contributed by atoms with Crippen LogP contribution in [0.4, 0.5) is 10.5 Å². The van der Waals surface area contributed by atoms with Gasteiger partial charge in [-0.2, -0.15) is 0 Å². The van der Waals surface area contributed by atoms with Crippen molar-refractivity contribution in [2.75, 3.05) is 4.90 Å². The largest absolute Gasteiger partial charge is 0.480 e. The van der Waals surface area contributed by atoms with Gasteiger partial charge in [0.2, 0.25) is 0 Å². The Labute approximate surface area is 144 Å². The van der Waals surface area contributed by atoms with Crippen LogP contribution in [0.1, 0.15) is 18.9 Å². The second-order valence-corrected chi connectivity index (χ2v) is 5.34.